The van der Waals surface area contributed by atoms with Crippen molar-refractivity contribution in [1.82, 2.24) is 15.0 Å². The SMILES string of the molecule is Cc1nc(=S)nc(NC(=O)OC(C)(C)C)[nH]1. The maximum atomic E-state index is 11.4. The molecule has 1 rings (SSSR count). The maximum Gasteiger partial charge on any atom is 0.414 e. The fraction of sp³-hybridized carbons (Fsp3) is 0.556. The van der Waals surface area contributed by atoms with E-state index < -0.39 is 11.7 Å². The number of carbonyl (C=O) groups is 1. The molecule has 0 aliphatic heterocycles. The summed E-state index contributed by atoms with van der Waals surface area (Å²) in [5.41, 5.74) is -0.553. The maximum absolute atomic E-state index is 11.4. The zero-order valence-electron chi connectivity index (χ0n) is 9.62. The number of hydrogen-bond donors (Lipinski definition) is 2. The third kappa shape index (κ3) is 4.35. The number of hydrogen-bond acceptors (Lipinski definition) is 5. The number of ether oxygens (including phenoxy) is 1. The predicted molar refractivity (Wildman–Crippen MR) is 61.8 cm³/mol. The Kier molecular flexibility index (Phi) is 3.58. The minimum Gasteiger partial charge on any atom is -0.444 e. The van der Waals surface area contributed by atoms with Crippen LogP contribution in [0.2, 0.25) is 0 Å². The molecule has 0 saturated heterocycles. The molecule has 1 heterocycles. The van der Waals surface area contributed by atoms with Gasteiger partial charge >= 0.3 is 6.09 Å². The Labute approximate surface area is 98.5 Å². The molecule has 6 nitrogen and oxygen atoms in total. The van der Waals surface area contributed by atoms with Gasteiger partial charge in [-0.1, -0.05) is 0 Å². The lowest BCUT2D eigenvalue weighted by Gasteiger charge is -2.19. The molecule has 2 N–H and O–H groups in total. The van der Waals surface area contributed by atoms with Crippen molar-refractivity contribution in [3.05, 3.63) is 10.6 Å². The van der Waals surface area contributed by atoms with Gasteiger partial charge in [0.25, 0.3) is 0 Å². The molecular formula is C9H14N4O2S. The summed E-state index contributed by atoms with van der Waals surface area (Å²) < 4.78 is 5.23. The van der Waals surface area contributed by atoms with Crippen LogP contribution in [0.15, 0.2) is 0 Å². The summed E-state index contributed by atoms with van der Waals surface area (Å²) >= 11 is 4.82. The van der Waals surface area contributed by atoms with Crippen LogP contribution in [-0.4, -0.2) is 26.6 Å². The van der Waals surface area contributed by atoms with Crippen LogP contribution in [-0.2, 0) is 4.74 Å². The van der Waals surface area contributed by atoms with Crippen molar-refractivity contribution in [1.29, 1.82) is 0 Å². The van der Waals surface area contributed by atoms with Gasteiger partial charge in [-0.15, -0.1) is 0 Å². The summed E-state index contributed by atoms with van der Waals surface area (Å²) in [4.78, 5) is 21.9. The van der Waals surface area contributed by atoms with Crippen molar-refractivity contribution in [3.63, 3.8) is 0 Å². The van der Waals surface area contributed by atoms with Gasteiger partial charge in [0, 0.05) is 0 Å². The topological polar surface area (TPSA) is 79.9 Å². The molecule has 0 saturated carbocycles. The van der Waals surface area contributed by atoms with Gasteiger partial charge in [0.2, 0.25) is 10.7 Å². The fourth-order valence-electron chi connectivity index (χ4n) is 0.951. The Morgan fingerprint density at radius 2 is 2.06 bits per heavy atom. The van der Waals surface area contributed by atoms with E-state index in [1.54, 1.807) is 27.7 Å². The van der Waals surface area contributed by atoms with Gasteiger partial charge in [0.15, 0.2) is 0 Å². The van der Waals surface area contributed by atoms with Crippen molar-refractivity contribution in [2.75, 3.05) is 5.32 Å². The molecule has 0 aliphatic rings. The monoisotopic (exact) mass is 242 g/mol. The van der Waals surface area contributed by atoms with Crippen molar-refractivity contribution < 1.29 is 9.53 Å². The van der Waals surface area contributed by atoms with Crippen LogP contribution in [0.4, 0.5) is 10.7 Å². The number of aryl methyl sites for hydroxylation is 1. The molecule has 1 aromatic heterocycles. The molecule has 0 spiro atoms. The third-order valence-electron chi connectivity index (χ3n) is 1.39. The summed E-state index contributed by atoms with van der Waals surface area (Å²) in [6.45, 7) is 7.05. The van der Waals surface area contributed by atoms with Gasteiger partial charge in [-0.05, 0) is 39.9 Å². The van der Waals surface area contributed by atoms with Gasteiger partial charge in [0.1, 0.15) is 11.4 Å². The van der Waals surface area contributed by atoms with E-state index in [0.29, 0.717) is 5.82 Å². The highest BCUT2D eigenvalue weighted by Gasteiger charge is 2.16. The summed E-state index contributed by atoms with van der Waals surface area (Å²) in [5.74, 6) is 0.804. The van der Waals surface area contributed by atoms with E-state index in [1.165, 1.54) is 0 Å². The minimum absolute atomic E-state index is 0.169. The number of carbonyl (C=O) groups excluding carboxylic acids is 1. The Bertz CT molecular complexity index is 450. The lowest BCUT2D eigenvalue weighted by atomic mass is 10.2. The lowest BCUT2D eigenvalue weighted by Crippen LogP contribution is -2.28. The summed E-state index contributed by atoms with van der Waals surface area (Å²) in [6, 6.07) is 0. The van der Waals surface area contributed by atoms with E-state index in [4.69, 9.17) is 17.0 Å². The first-order valence-electron chi connectivity index (χ1n) is 4.71. The highest BCUT2D eigenvalue weighted by Crippen LogP contribution is 2.08. The number of anilines is 1. The van der Waals surface area contributed by atoms with Gasteiger partial charge in [-0.25, -0.2) is 9.78 Å². The van der Waals surface area contributed by atoms with E-state index in [1.807, 2.05) is 0 Å². The smallest absolute Gasteiger partial charge is 0.414 e. The van der Waals surface area contributed by atoms with E-state index in [-0.39, 0.29) is 10.7 Å². The summed E-state index contributed by atoms with van der Waals surface area (Å²) in [6.07, 6.45) is -0.587. The van der Waals surface area contributed by atoms with E-state index in [2.05, 4.69) is 20.3 Å². The highest BCUT2D eigenvalue weighted by atomic mass is 32.1. The summed E-state index contributed by atoms with van der Waals surface area (Å²) in [5, 5.41) is 2.45. The molecule has 1 aromatic rings. The van der Waals surface area contributed by atoms with Crippen molar-refractivity contribution >= 4 is 24.3 Å². The largest absolute Gasteiger partial charge is 0.444 e. The molecule has 0 aromatic carbocycles. The molecule has 16 heavy (non-hydrogen) atoms. The number of rotatable bonds is 1. The molecule has 0 bridgehead atoms. The molecule has 7 heteroatoms. The molecule has 0 radical (unpaired) electrons. The average Bonchev–Trinajstić information content (AvgIpc) is 1.96. The van der Waals surface area contributed by atoms with Crippen LogP contribution in [0.1, 0.15) is 26.6 Å². The third-order valence-corrected chi connectivity index (χ3v) is 1.57. The lowest BCUT2D eigenvalue weighted by molar-refractivity contribution is 0.0634. The van der Waals surface area contributed by atoms with E-state index in [0.717, 1.165) is 0 Å². The second-order valence-electron chi connectivity index (χ2n) is 4.19. The summed E-state index contributed by atoms with van der Waals surface area (Å²) in [7, 11) is 0. The fourth-order valence-corrected chi connectivity index (χ4v) is 1.18. The van der Waals surface area contributed by atoms with Gasteiger partial charge < -0.3 is 9.72 Å². The molecule has 88 valence electrons. The van der Waals surface area contributed by atoms with Gasteiger partial charge in [0.05, 0.1) is 0 Å². The van der Waals surface area contributed by atoms with Gasteiger partial charge in [-0.3, -0.25) is 5.32 Å². The second kappa shape index (κ2) is 4.56. The van der Waals surface area contributed by atoms with Crippen LogP contribution >= 0.6 is 12.2 Å². The molecule has 0 atom stereocenters. The van der Waals surface area contributed by atoms with Crippen LogP contribution < -0.4 is 5.32 Å². The standard InChI is InChI=1S/C9H14N4O2S/c1-5-10-6(12-7(16)11-5)13-8(14)15-9(2,3)4/h1-4H3,(H2,10,11,12,13,14,16). The Morgan fingerprint density at radius 3 is 2.56 bits per heavy atom. The Balaban J connectivity index is 2.74. The average molecular weight is 242 g/mol. The number of H-pyrrole nitrogens is 1. The first-order chi connectivity index (χ1) is 7.26. The normalized spacial score (nSPS) is 11.0. The van der Waals surface area contributed by atoms with Gasteiger partial charge in [-0.2, -0.15) is 4.98 Å². The van der Waals surface area contributed by atoms with Crippen LogP contribution in [0.3, 0.4) is 0 Å². The predicted octanol–water partition coefficient (Wildman–Crippen LogP) is 2.19. The van der Waals surface area contributed by atoms with Crippen LogP contribution in [0.25, 0.3) is 0 Å². The number of aromatic amines is 1. The quantitative estimate of drug-likeness (QED) is 0.738. The van der Waals surface area contributed by atoms with Crippen LogP contribution in [0, 0.1) is 11.7 Å². The number of amides is 1. The molecular weight excluding hydrogens is 228 g/mol. The van der Waals surface area contributed by atoms with Crippen molar-refractivity contribution in [2.45, 2.75) is 33.3 Å². The van der Waals surface area contributed by atoms with E-state index >= 15 is 0 Å². The second-order valence-corrected chi connectivity index (χ2v) is 4.56. The highest BCUT2D eigenvalue weighted by molar-refractivity contribution is 7.71. The van der Waals surface area contributed by atoms with Crippen LogP contribution in [0.5, 0.6) is 0 Å². The molecule has 0 unspecified atom stereocenters. The molecule has 0 aliphatic carbocycles. The number of nitrogens with zero attached hydrogens (tertiary/aromatic N) is 2. The minimum atomic E-state index is -0.587. The zero-order chi connectivity index (χ0) is 12.3. The Hall–Kier alpha value is -1.50. The van der Waals surface area contributed by atoms with Crippen molar-refractivity contribution in [2.24, 2.45) is 0 Å². The molecule has 1 amide bonds. The first-order valence-corrected chi connectivity index (χ1v) is 5.12. The number of aromatic nitrogens is 3. The number of nitrogens with one attached hydrogen (secondary N) is 2. The van der Waals surface area contributed by atoms with Crippen molar-refractivity contribution in [3.8, 4) is 0 Å². The zero-order valence-corrected chi connectivity index (χ0v) is 10.4. The van der Waals surface area contributed by atoms with E-state index in [9.17, 15) is 4.79 Å². The molecule has 0 fully saturated rings. The Morgan fingerprint density at radius 1 is 1.44 bits per heavy atom. The first kappa shape index (κ1) is 12.6.